The maximum Gasteiger partial charge on any atom is 0.242 e. The van der Waals surface area contributed by atoms with Crippen molar-refractivity contribution in [2.75, 3.05) is 13.1 Å². The minimum Gasteiger partial charge on any atom is -0.341 e. The van der Waals surface area contributed by atoms with Gasteiger partial charge in [-0.05, 0) is 30.4 Å². The Labute approximate surface area is 124 Å². The molecule has 1 aromatic heterocycles. The van der Waals surface area contributed by atoms with Crippen LogP contribution in [0.3, 0.4) is 0 Å². The van der Waals surface area contributed by atoms with Gasteiger partial charge in [-0.2, -0.15) is 0 Å². The predicted octanol–water partition coefficient (Wildman–Crippen LogP) is 2.86. The number of aromatic nitrogens is 1. The summed E-state index contributed by atoms with van der Waals surface area (Å²) in [6.45, 7) is 2.10. The van der Waals surface area contributed by atoms with E-state index in [0.29, 0.717) is 12.1 Å². The van der Waals surface area contributed by atoms with Crippen LogP contribution in [-0.2, 0) is 11.3 Å². The van der Waals surface area contributed by atoms with E-state index in [1.54, 1.807) is 6.07 Å². The molecule has 4 heteroatoms. The Hall–Kier alpha value is -2.10. The molecular weight excluding hydrogens is 264 g/mol. The summed E-state index contributed by atoms with van der Waals surface area (Å²) in [6, 6.07) is 7.56. The van der Waals surface area contributed by atoms with Gasteiger partial charge in [-0.1, -0.05) is 25.0 Å². The number of likely N-dealkylation sites (tertiary alicyclic amines) is 1. The van der Waals surface area contributed by atoms with E-state index in [1.807, 2.05) is 33.9 Å². The van der Waals surface area contributed by atoms with Gasteiger partial charge in [0.25, 0.3) is 0 Å². The first-order valence-corrected chi connectivity index (χ1v) is 7.60. The van der Waals surface area contributed by atoms with E-state index in [-0.39, 0.29) is 5.91 Å². The number of benzene rings is 1. The number of aldehydes is 1. The largest absolute Gasteiger partial charge is 0.341 e. The summed E-state index contributed by atoms with van der Waals surface area (Å²) in [7, 11) is 0. The molecule has 1 amide bonds. The Morgan fingerprint density at radius 2 is 1.86 bits per heavy atom. The molecule has 1 saturated heterocycles. The lowest BCUT2D eigenvalue weighted by molar-refractivity contribution is -0.131. The van der Waals surface area contributed by atoms with Gasteiger partial charge in [0.15, 0.2) is 0 Å². The van der Waals surface area contributed by atoms with Gasteiger partial charge < -0.3 is 9.47 Å². The van der Waals surface area contributed by atoms with Gasteiger partial charge in [-0.15, -0.1) is 0 Å². The monoisotopic (exact) mass is 284 g/mol. The van der Waals surface area contributed by atoms with Gasteiger partial charge in [-0.3, -0.25) is 9.59 Å². The molecule has 0 spiro atoms. The molecular formula is C17H20N2O2. The lowest BCUT2D eigenvalue weighted by Gasteiger charge is -2.20. The molecule has 0 unspecified atom stereocenters. The molecule has 0 bridgehead atoms. The van der Waals surface area contributed by atoms with Crippen LogP contribution in [-0.4, -0.2) is 34.7 Å². The molecule has 2 aromatic rings. The lowest BCUT2D eigenvalue weighted by Crippen LogP contribution is -2.34. The fourth-order valence-electron chi connectivity index (χ4n) is 2.98. The normalized spacial score (nSPS) is 15.9. The third kappa shape index (κ3) is 2.99. The van der Waals surface area contributed by atoms with E-state index >= 15 is 0 Å². The van der Waals surface area contributed by atoms with Crippen molar-refractivity contribution >= 4 is 23.1 Å². The smallest absolute Gasteiger partial charge is 0.242 e. The van der Waals surface area contributed by atoms with Crippen molar-refractivity contribution in [3.05, 3.63) is 36.0 Å². The molecule has 21 heavy (non-hydrogen) atoms. The zero-order valence-electron chi connectivity index (χ0n) is 12.1. The summed E-state index contributed by atoms with van der Waals surface area (Å²) >= 11 is 0. The molecule has 1 aliphatic rings. The third-order valence-corrected chi connectivity index (χ3v) is 4.20. The summed E-state index contributed by atoms with van der Waals surface area (Å²) in [5.41, 5.74) is 1.59. The zero-order chi connectivity index (χ0) is 14.7. The van der Waals surface area contributed by atoms with Crippen LogP contribution in [0.5, 0.6) is 0 Å². The van der Waals surface area contributed by atoms with E-state index in [4.69, 9.17) is 0 Å². The Bertz CT molecular complexity index is 652. The van der Waals surface area contributed by atoms with Crippen LogP contribution >= 0.6 is 0 Å². The molecule has 110 valence electrons. The highest BCUT2D eigenvalue weighted by atomic mass is 16.2. The van der Waals surface area contributed by atoms with Crippen LogP contribution in [0.1, 0.15) is 36.0 Å². The van der Waals surface area contributed by atoms with Crippen LogP contribution in [0.15, 0.2) is 30.5 Å². The lowest BCUT2D eigenvalue weighted by atomic mass is 10.2. The molecule has 2 heterocycles. The van der Waals surface area contributed by atoms with Crippen LogP contribution in [0.25, 0.3) is 10.9 Å². The number of rotatable bonds is 3. The van der Waals surface area contributed by atoms with E-state index in [9.17, 15) is 9.59 Å². The van der Waals surface area contributed by atoms with Crippen molar-refractivity contribution in [2.45, 2.75) is 32.2 Å². The van der Waals surface area contributed by atoms with Gasteiger partial charge in [0.05, 0.1) is 0 Å². The number of carbonyl (C=O) groups is 2. The minimum absolute atomic E-state index is 0.172. The van der Waals surface area contributed by atoms with Crippen molar-refractivity contribution < 1.29 is 9.59 Å². The molecule has 0 atom stereocenters. The quantitative estimate of drug-likeness (QED) is 0.813. The van der Waals surface area contributed by atoms with Crippen LogP contribution in [0, 0.1) is 0 Å². The highest BCUT2D eigenvalue weighted by Crippen LogP contribution is 2.18. The van der Waals surface area contributed by atoms with E-state index in [0.717, 1.165) is 43.1 Å². The van der Waals surface area contributed by atoms with Crippen molar-refractivity contribution in [3.63, 3.8) is 0 Å². The average Bonchev–Trinajstić information content (AvgIpc) is 2.74. The Kier molecular flexibility index (Phi) is 4.04. The predicted molar refractivity (Wildman–Crippen MR) is 82.4 cm³/mol. The molecule has 1 aliphatic heterocycles. The summed E-state index contributed by atoms with van der Waals surface area (Å²) in [5.74, 6) is 0.172. The molecule has 0 saturated carbocycles. The SMILES string of the molecule is O=Cc1ccc2ccn(CC(=O)N3CCCCCC3)c2c1. The molecule has 4 nitrogen and oxygen atoms in total. The van der Waals surface area contributed by atoms with E-state index < -0.39 is 0 Å². The maximum atomic E-state index is 12.5. The molecule has 3 rings (SSSR count). The molecule has 0 radical (unpaired) electrons. The van der Waals surface area contributed by atoms with Crippen LogP contribution < -0.4 is 0 Å². The highest BCUT2D eigenvalue weighted by molar-refractivity contribution is 5.88. The first kappa shape index (κ1) is 13.9. The summed E-state index contributed by atoms with van der Waals surface area (Å²) in [6.07, 6.45) is 7.42. The average molecular weight is 284 g/mol. The number of nitrogens with zero attached hydrogens (tertiary/aromatic N) is 2. The number of hydrogen-bond donors (Lipinski definition) is 0. The number of amides is 1. The van der Waals surface area contributed by atoms with Crippen molar-refractivity contribution in [1.29, 1.82) is 0 Å². The zero-order valence-corrected chi connectivity index (χ0v) is 12.1. The highest BCUT2D eigenvalue weighted by Gasteiger charge is 2.16. The first-order valence-electron chi connectivity index (χ1n) is 7.60. The topological polar surface area (TPSA) is 42.3 Å². The Morgan fingerprint density at radius 1 is 1.10 bits per heavy atom. The fourth-order valence-corrected chi connectivity index (χ4v) is 2.98. The maximum absolute atomic E-state index is 12.5. The third-order valence-electron chi connectivity index (χ3n) is 4.20. The van der Waals surface area contributed by atoms with Gasteiger partial charge in [0, 0.05) is 30.4 Å². The van der Waals surface area contributed by atoms with E-state index in [2.05, 4.69) is 0 Å². The van der Waals surface area contributed by atoms with Crippen molar-refractivity contribution in [2.24, 2.45) is 0 Å². The van der Waals surface area contributed by atoms with Crippen molar-refractivity contribution in [1.82, 2.24) is 9.47 Å². The Balaban J connectivity index is 1.80. The van der Waals surface area contributed by atoms with Gasteiger partial charge >= 0.3 is 0 Å². The molecule has 1 fully saturated rings. The second-order valence-electron chi connectivity index (χ2n) is 5.67. The van der Waals surface area contributed by atoms with Gasteiger partial charge in [-0.25, -0.2) is 0 Å². The van der Waals surface area contributed by atoms with Gasteiger partial charge in [0.2, 0.25) is 5.91 Å². The van der Waals surface area contributed by atoms with Crippen molar-refractivity contribution in [3.8, 4) is 0 Å². The van der Waals surface area contributed by atoms with Crippen LogP contribution in [0.4, 0.5) is 0 Å². The summed E-state index contributed by atoms with van der Waals surface area (Å²) < 4.78 is 1.94. The number of hydrogen-bond acceptors (Lipinski definition) is 2. The second kappa shape index (κ2) is 6.12. The Morgan fingerprint density at radius 3 is 2.57 bits per heavy atom. The number of carbonyl (C=O) groups excluding carboxylic acids is 2. The minimum atomic E-state index is 0.172. The standard InChI is InChI=1S/C17H20N2O2/c20-13-14-5-6-15-7-10-19(16(15)11-14)12-17(21)18-8-3-1-2-4-9-18/h5-7,10-11,13H,1-4,8-9,12H2. The summed E-state index contributed by atoms with van der Waals surface area (Å²) in [4.78, 5) is 25.3. The number of fused-ring (bicyclic) bond motifs is 1. The van der Waals surface area contributed by atoms with Gasteiger partial charge in [0.1, 0.15) is 12.8 Å². The van der Waals surface area contributed by atoms with Crippen LogP contribution in [0.2, 0.25) is 0 Å². The second-order valence-corrected chi connectivity index (χ2v) is 5.67. The molecule has 1 aromatic carbocycles. The first-order chi connectivity index (χ1) is 10.3. The molecule has 0 N–H and O–H groups in total. The molecule has 0 aliphatic carbocycles. The van der Waals surface area contributed by atoms with E-state index in [1.165, 1.54) is 12.8 Å². The summed E-state index contributed by atoms with van der Waals surface area (Å²) in [5, 5.41) is 1.06. The fraction of sp³-hybridized carbons (Fsp3) is 0.412.